The van der Waals surface area contributed by atoms with E-state index in [0.717, 1.165) is 36.5 Å². The molecule has 4 rings (SSSR count). The van der Waals surface area contributed by atoms with E-state index in [-0.39, 0.29) is 18.0 Å². The van der Waals surface area contributed by atoms with Crippen molar-refractivity contribution in [3.05, 3.63) is 83.7 Å². The molecule has 1 unspecified atom stereocenters. The average molecular weight is 390 g/mol. The SMILES string of the molecule is CC(C)n1cnc2c1C(C(=O)NCc1ccncc1)N(Cc1ccccc1)CC2. The molecule has 1 N–H and O–H groups in total. The number of fused-ring (bicyclic) bond motifs is 1. The topological polar surface area (TPSA) is 63.1 Å². The van der Waals surface area contributed by atoms with Gasteiger partial charge < -0.3 is 9.88 Å². The second-order valence-corrected chi connectivity index (χ2v) is 7.76. The fourth-order valence-corrected chi connectivity index (χ4v) is 3.93. The lowest BCUT2D eigenvalue weighted by molar-refractivity contribution is -0.127. The molecule has 0 saturated heterocycles. The maximum Gasteiger partial charge on any atom is 0.243 e. The molecule has 3 heterocycles. The summed E-state index contributed by atoms with van der Waals surface area (Å²) in [4.78, 5) is 24.3. The molecule has 1 aliphatic heterocycles. The van der Waals surface area contributed by atoms with Gasteiger partial charge in [-0.15, -0.1) is 0 Å². The van der Waals surface area contributed by atoms with Crippen LogP contribution in [0.4, 0.5) is 0 Å². The van der Waals surface area contributed by atoms with Gasteiger partial charge in [0.05, 0.1) is 17.7 Å². The molecule has 0 fully saturated rings. The summed E-state index contributed by atoms with van der Waals surface area (Å²) in [5.41, 5.74) is 4.30. The van der Waals surface area contributed by atoms with Crippen LogP contribution in [0, 0.1) is 0 Å². The molecule has 1 aromatic carbocycles. The minimum Gasteiger partial charge on any atom is -0.350 e. The number of hydrogen-bond acceptors (Lipinski definition) is 4. The number of aromatic nitrogens is 3. The number of benzene rings is 1. The molecular weight excluding hydrogens is 362 g/mol. The van der Waals surface area contributed by atoms with Gasteiger partial charge in [0.1, 0.15) is 6.04 Å². The first-order valence-electron chi connectivity index (χ1n) is 10.1. The van der Waals surface area contributed by atoms with Gasteiger partial charge in [-0.25, -0.2) is 4.98 Å². The second kappa shape index (κ2) is 8.57. The predicted octanol–water partition coefficient (Wildman–Crippen LogP) is 3.27. The Morgan fingerprint density at radius 2 is 1.90 bits per heavy atom. The van der Waals surface area contributed by atoms with Crippen molar-refractivity contribution in [2.75, 3.05) is 6.54 Å². The van der Waals surface area contributed by atoms with E-state index in [1.54, 1.807) is 12.4 Å². The second-order valence-electron chi connectivity index (χ2n) is 7.76. The minimum atomic E-state index is -0.356. The van der Waals surface area contributed by atoms with Crippen molar-refractivity contribution in [1.29, 1.82) is 0 Å². The van der Waals surface area contributed by atoms with E-state index in [1.165, 1.54) is 5.56 Å². The van der Waals surface area contributed by atoms with Crippen LogP contribution in [0.25, 0.3) is 0 Å². The van der Waals surface area contributed by atoms with Crippen molar-refractivity contribution in [1.82, 2.24) is 24.8 Å². The summed E-state index contributed by atoms with van der Waals surface area (Å²) in [5.74, 6) is 0.0149. The normalized spacial score (nSPS) is 16.6. The third-order valence-electron chi connectivity index (χ3n) is 5.42. The van der Waals surface area contributed by atoms with E-state index < -0.39 is 0 Å². The Kier molecular flexibility index (Phi) is 5.71. The third-order valence-corrected chi connectivity index (χ3v) is 5.42. The lowest BCUT2D eigenvalue weighted by Crippen LogP contribution is -2.45. The molecule has 3 aromatic rings. The number of hydrogen-bond donors (Lipinski definition) is 1. The molecule has 0 saturated carbocycles. The van der Waals surface area contributed by atoms with Crippen molar-refractivity contribution in [3.8, 4) is 0 Å². The fraction of sp³-hybridized carbons (Fsp3) is 0.348. The molecule has 6 nitrogen and oxygen atoms in total. The van der Waals surface area contributed by atoms with Crippen LogP contribution in [0.3, 0.4) is 0 Å². The Morgan fingerprint density at radius 3 is 2.62 bits per heavy atom. The first kappa shape index (κ1) is 19.3. The number of rotatable bonds is 6. The van der Waals surface area contributed by atoms with E-state index in [2.05, 4.69) is 50.7 Å². The van der Waals surface area contributed by atoms with Crippen LogP contribution in [0.2, 0.25) is 0 Å². The highest BCUT2D eigenvalue weighted by Gasteiger charge is 2.36. The first-order chi connectivity index (χ1) is 14.1. The van der Waals surface area contributed by atoms with Crippen molar-refractivity contribution in [3.63, 3.8) is 0 Å². The molecule has 150 valence electrons. The highest BCUT2D eigenvalue weighted by molar-refractivity contribution is 5.83. The van der Waals surface area contributed by atoms with Gasteiger partial charge in [-0.3, -0.25) is 14.7 Å². The van der Waals surface area contributed by atoms with E-state index >= 15 is 0 Å². The quantitative estimate of drug-likeness (QED) is 0.703. The molecule has 29 heavy (non-hydrogen) atoms. The molecule has 0 radical (unpaired) electrons. The molecule has 2 aromatic heterocycles. The van der Waals surface area contributed by atoms with Gasteiger partial charge >= 0.3 is 0 Å². The molecular formula is C23H27N5O. The number of pyridine rings is 1. The summed E-state index contributed by atoms with van der Waals surface area (Å²) >= 11 is 0. The number of carbonyl (C=O) groups is 1. The van der Waals surface area contributed by atoms with Crippen LogP contribution in [-0.2, 0) is 24.3 Å². The number of carbonyl (C=O) groups excluding carboxylic acids is 1. The van der Waals surface area contributed by atoms with E-state index in [0.29, 0.717) is 6.54 Å². The molecule has 1 aliphatic rings. The third kappa shape index (κ3) is 4.22. The first-order valence-corrected chi connectivity index (χ1v) is 10.1. The fourth-order valence-electron chi connectivity index (χ4n) is 3.93. The van der Waals surface area contributed by atoms with Crippen LogP contribution in [-0.4, -0.2) is 31.9 Å². The smallest absolute Gasteiger partial charge is 0.243 e. The Morgan fingerprint density at radius 1 is 1.14 bits per heavy atom. The van der Waals surface area contributed by atoms with E-state index in [4.69, 9.17) is 0 Å². The number of amides is 1. The van der Waals surface area contributed by atoms with Gasteiger partial charge in [0.15, 0.2) is 0 Å². The maximum atomic E-state index is 13.4. The van der Waals surface area contributed by atoms with Crippen LogP contribution in [0.15, 0.2) is 61.2 Å². The zero-order valence-corrected chi connectivity index (χ0v) is 17.0. The van der Waals surface area contributed by atoms with Crippen LogP contribution in [0.5, 0.6) is 0 Å². The average Bonchev–Trinajstić information content (AvgIpc) is 3.18. The van der Waals surface area contributed by atoms with Crippen molar-refractivity contribution in [2.45, 2.75) is 45.4 Å². The molecule has 0 aliphatic carbocycles. The number of nitrogens with zero attached hydrogens (tertiary/aromatic N) is 4. The standard InChI is InChI=1S/C23H27N5O/c1-17(2)28-16-26-20-10-13-27(15-19-6-4-3-5-7-19)22(21(20)28)23(29)25-14-18-8-11-24-12-9-18/h3-9,11-12,16-17,22H,10,13-15H2,1-2H3,(H,25,29). The van der Waals surface area contributed by atoms with Crippen LogP contribution < -0.4 is 5.32 Å². The van der Waals surface area contributed by atoms with E-state index in [9.17, 15) is 4.79 Å². The minimum absolute atomic E-state index is 0.0149. The van der Waals surface area contributed by atoms with Gasteiger partial charge in [-0.2, -0.15) is 0 Å². The summed E-state index contributed by atoms with van der Waals surface area (Å²) in [7, 11) is 0. The van der Waals surface area contributed by atoms with Crippen molar-refractivity contribution < 1.29 is 4.79 Å². The molecule has 1 atom stereocenters. The van der Waals surface area contributed by atoms with E-state index in [1.807, 2.05) is 36.7 Å². The van der Waals surface area contributed by atoms with Gasteiger partial charge in [-0.05, 0) is 37.1 Å². The Labute approximate surface area is 171 Å². The molecule has 6 heteroatoms. The Bertz CT molecular complexity index is 952. The highest BCUT2D eigenvalue weighted by Crippen LogP contribution is 2.32. The van der Waals surface area contributed by atoms with Crippen molar-refractivity contribution in [2.24, 2.45) is 0 Å². The highest BCUT2D eigenvalue weighted by atomic mass is 16.2. The largest absolute Gasteiger partial charge is 0.350 e. The zero-order chi connectivity index (χ0) is 20.2. The van der Waals surface area contributed by atoms with Gasteiger partial charge in [-0.1, -0.05) is 30.3 Å². The summed E-state index contributed by atoms with van der Waals surface area (Å²) in [6.07, 6.45) is 6.23. The molecule has 0 bridgehead atoms. The van der Waals surface area contributed by atoms with Gasteiger partial charge in [0, 0.05) is 44.5 Å². The number of nitrogens with one attached hydrogen (secondary N) is 1. The zero-order valence-electron chi connectivity index (χ0n) is 17.0. The Balaban J connectivity index is 1.62. The maximum absolute atomic E-state index is 13.4. The van der Waals surface area contributed by atoms with Crippen LogP contribution in [0.1, 0.15) is 48.4 Å². The monoisotopic (exact) mass is 389 g/mol. The Hall–Kier alpha value is -2.99. The predicted molar refractivity (Wildman–Crippen MR) is 112 cm³/mol. The van der Waals surface area contributed by atoms with Crippen molar-refractivity contribution >= 4 is 5.91 Å². The van der Waals surface area contributed by atoms with Gasteiger partial charge in [0.25, 0.3) is 0 Å². The lowest BCUT2D eigenvalue weighted by atomic mass is 9.99. The summed E-state index contributed by atoms with van der Waals surface area (Å²) in [5, 5.41) is 3.13. The van der Waals surface area contributed by atoms with Gasteiger partial charge in [0.2, 0.25) is 5.91 Å². The summed E-state index contributed by atoms with van der Waals surface area (Å²) in [6, 6.07) is 14.1. The van der Waals surface area contributed by atoms with Crippen LogP contribution >= 0.6 is 0 Å². The summed E-state index contributed by atoms with van der Waals surface area (Å²) in [6.45, 7) is 6.29. The molecule has 0 spiro atoms. The summed E-state index contributed by atoms with van der Waals surface area (Å²) < 4.78 is 2.14. The molecule has 1 amide bonds. The number of imidazole rings is 1. The lowest BCUT2D eigenvalue weighted by Gasteiger charge is -2.36.